The average Bonchev–Trinajstić information content (AvgIpc) is 3.30. The fourth-order valence-electron chi connectivity index (χ4n) is 3.39. The number of carbonyl (C=O) groups excluding carboxylic acids is 1. The molecule has 4 rings (SSSR count). The monoisotopic (exact) mass is 379 g/mol. The van der Waals surface area contributed by atoms with E-state index in [1.165, 1.54) is 22.9 Å². The molecule has 138 valence electrons. The van der Waals surface area contributed by atoms with Crippen molar-refractivity contribution < 1.29 is 4.79 Å². The number of fused-ring (bicyclic) bond motifs is 1. The molecule has 27 heavy (non-hydrogen) atoms. The molecule has 0 unspecified atom stereocenters. The molecule has 3 heterocycles. The van der Waals surface area contributed by atoms with Crippen LogP contribution in [0.5, 0.6) is 0 Å². The van der Waals surface area contributed by atoms with E-state index in [-0.39, 0.29) is 5.91 Å². The smallest absolute Gasteiger partial charge is 0.237 e. The van der Waals surface area contributed by atoms with Crippen LogP contribution >= 0.6 is 11.8 Å². The Hall–Kier alpha value is -2.67. The Kier molecular flexibility index (Phi) is 4.94. The first-order valence-electron chi connectivity index (χ1n) is 9.03. The van der Waals surface area contributed by atoms with Gasteiger partial charge in [0.05, 0.1) is 5.75 Å². The molecule has 3 aromatic rings. The molecule has 0 atom stereocenters. The lowest BCUT2D eigenvalue weighted by Gasteiger charge is -2.17. The zero-order valence-corrected chi connectivity index (χ0v) is 16.2. The number of nitrogens with zero attached hydrogens (tertiary/aromatic N) is 5. The van der Waals surface area contributed by atoms with Gasteiger partial charge < -0.3 is 9.47 Å². The highest BCUT2D eigenvalue weighted by atomic mass is 32.2. The molecule has 0 spiro atoms. The van der Waals surface area contributed by atoms with Gasteiger partial charge in [0, 0.05) is 36.7 Å². The second-order valence-corrected chi connectivity index (χ2v) is 7.45. The number of thioether (sulfide) groups is 1. The van der Waals surface area contributed by atoms with Crippen LogP contribution < -0.4 is 4.90 Å². The Morgan fingerprint density at radius 1 is 1.19 bits per heavy atom. The van der Waals surface area contributed by atoms with Crippen molar-refractivity contribution in [3.63, 3.8) is 0 Å². The molecule has 0 fully saturated rings. The van der Waals surface area contributed by atoms with Crippen molar-refractivity contribution in [1.82, 2.24) is 19.7 Å². The van der Waals surface area contributed by atoms with Crippen LogP contribution in [-0.4, -0.2) is 38.0 Å². The summed E-state index contributed by atoms with van der Waals surface area (Å²) < 4.78 is 2.04. The van der Waals surface area contributed by atoms with Gasteiger partial charge in [-0.25, -0.2) is 0 Å². The van der Waals surface area contributed by atoms with Crippen LogP contribution in [0.15, 0.2) is 47.9 Å². The number of aromatic nitrogens is 4. The summed E-state index contributed by atoms with van der Waals surface area (Å²) in [4.78, 5) is 18.7. The van der Waals surface area contributed by atoms with Crippen LogP contribution in [0.2, 0.25) is 0 Å². The Morgan fingerprint density at radius 2 is 2.00 bits per heavy atom. The van der Waals surface area contributed by atoms with Crippen LogP contribution in [0, 0.1) is 6.92 Å². The molecule has 0 saturated carbocycles. The fourth-order valence-corrected chi connectivity index (χ4v) is 4.27. The van der Waals surface area contributed by atoms with Gasteiger partial charge in [0.2, 0.25) is 5.91 Å². The van der Waals surface area contributed by atoms with Crippen LogP contribution in [0.3, 0.4) is 0 Å². The molecular weight excluding hydrogens is 358 g/mol. The van der Waals surface area contributed by atoms with E-state index in [9.17, 15) is 4.79 Å². The quantitative estimate of drug-likeness (QED) is 0.636. The molecule has 0 saturated heterocycles. The summed E-state index contributed by atoms with van der Waals surface area (Å²) in [5.41, 5.74) is 4.50. The number of anilines is 1. The molecule has 1 aliphatic heterocycles. The van der Waals surface area contributed by atoms with E-state index in [1.807, 2.05) is 21.6 Å². The molecule has 2 aromatic heterocycles. The zero-order valence-electron chi connectivity index (χ0n) is 15.4. The van der Waals surface area contributed by atoms with Gasteiger partial charge in [-0.05, 0) is 44.0 Å². The highest BCUT2D eigenvalue weighted by molar-refractivity contribution is 7.99. The maximum atomic E-state index is 12.8. The fraction of sp³-hybridized carbons (Fsp3) is 0.300. The minimum absolute atomic E-state index is 0.110. The van der Waals surface area contributed by atoms with Gasteiger partial charge in [-0.15, -0.1) is 10.2 Å². The van der Waals surface area contributed by atoms with E-state index < -0.39 is 0 Å². The third-order valence-electron chi connectivity index (χ3n) is 4.73. The molecule has 6 nitrogen and oxygen atoms in total. The molecule has 0 aliphatic carbocycles. The highest BCUT2D eigenvalue weighted by Crippen LogP contribution is 2.30. The number of carbonyl (C=O) groups is 1. The summed E-state index contributed by atoms with van der Waals surface area (Å²) in [6.45, 7) is 5.63. The van der Waals surface area contributed by atoms with E-state index in [4.69, 9.17) is 0 Å². The average molecular weight is 379 g/mol. The SMILES string of the molecule is CCn1c(SCC(=O)N2CCc3cc(C)ccc32)nnc1-c1ccncc1. The first-order valence-corrected chi connectivity index (χ1v) is 10.0. The van der Waals surface area contributed by atoms with Gasteiger partial charge in [0.25, 0.3) is 0 Å². The number of pyridine rings is 1. The van der Waals surface area contributed by atoms with Crippen LogP contribution in [0.1, 0.15) is 18.1 Å². The van der Waals surface area contributed by atoms with Crippen molar-refractivity contribution in [3.8, 4) is 11.4 Å². The van der Waals surface area contributed by atoms with Gasteiger partial charge >= 0.3 is 0 Å². The van der Waals surface area contributed by atoms with E-state index >= 15 is 0 Å². The number of benzene rings is 1. The lowest BCUT2D eigenvalue weighted by Crippen LogP contribution is -2.30. The van der Waals surface area contributed by atoms with Crippen LogP contribution in [0.25, 0.3) is 11.4 Å². The normalized spacial score (nSPS) is 13.0. The summed E-state index contributed by atoms with van der Waals surface area (Å²) in [6.07, 6.45) is 4.41. The predicted octanol–water partition coefficient (Wildman–Crippen LogP) is 3.35. The number of amides is 1. The molecular formula is C20H21N5OS. The third-order valence-corrected chi connectivity index (χ3v) is 5.68. The Balaban J connectivity index is 1.49. The van der Waals surface area contributed by atoms with Gasteiger partial charge in [0.15, 0.2) is 11.0 Å². The Morgan fingerprint density at radius 3 is 2.78 bits per heavy atom. The summed E-state index contributed by atoms with van der Waals surface area (Å²) in [5.74, 6) is 1.26. The van der Waals surface area contributed by atoms with E-state index in [1.54, 1.807) is 12.4 Å². The number of hydrogen-bond acceptors (Lipinski definition) is 5. The molecule has 0 bridgehead atoms. The van der Waals surface area contributed by atoms with Gasteiger partial charge in [-0.3, -0.25) is 9.78 Å². The van der Waals surface area contributed by atoms with Crippen LogP contribution in [0.4, 0.5) is 5.69 Å². The largest absolute Gasteiger partial charge is 0.311 e. The molecule has 1 aliphatic rings. The number of aryl methyl sites for hydroxylation is 1. The molecule has 0 N–H and O–H groups in total. The highest BCUT2D eigenvalue weighted by Gasteiger charge is 2.25. The molecule has 0 radical (unpaired) electrons. The molecule has 7 heteroatoms. The summed E-state index contributed by atoms with van der Waals surface area (Å²) in [7, 11) is 0. The van der Waals surface area contributed by atoms with Gasteiger partial charge in [0.1, 0.15) is 0 Å². The Labute approximate surface area is 162 Å². The topological polar surface area (TPSA) is 63.9 Å². The summed E-state index contributed by atoms with van der Waals surface area (Å²) >= 11 is 1.44. The zero-order chi connectivity index (χ0) is 18.8. The molecule has 1 aromatic carbocycles. The van der Waals surface area contributed by atoms with Crippen LogP contribution in [-0.2, 0) is 17.8 Å². The van der Waals surface area contributed by atoms with E-state index in [0.717, 1.165) is 41.7 Å². The summed E-state index contributed by atoms with van der Waals surface area (Å²) in [5, 5.41) is 9.39. The van der Waals surface area contributed by atoms with Gasteiger partial charge in [-0.2, -0.15) is 0 Å². The predicted molar refractivity (Wildman–Crippen MR) is 107 cm³/mol. The van der Waals surface area contributed by atoms with Gasteiger partial charge in [-0.1, -0.05) is 29.5 Å². The van der Waals surface area contributed by atoms with E-state index in [0.29, 0.717) is 5.75 Å². The second-order valence-electron chi connectivity index (χ2n) is 6.50. The van der Waals surface area contributed by atoms with Crippen molar-refractivity contribution in [2.75, 3.05) is 17.2 Å². The second kappa shape index (κ2) is 7.52. The van der Waals surface area contributed by atoms with Crippen molar-refractivity contribution >= 4 is 23.4 Å². The minimum Gasteiger partial charge on any atom is -0.311 e. The van der Waals surface area contributed by atoms with E-state index in [2.05, 4.69) is 47.2 Å². The van der Waals surface area contributed by atoms with Crippen molar-refractivity contribution in [2.45, 2.75) is 32.0 Å². The first kappa shape index (κ1) is 17.7. The summed E-state index contributed by atoms with van der Waals surface area (Å²) in [6, 6.07) is 10.1. The minimum atomic E-state index is 0.110. The number of rotatable bonds is 5. The molecule has 1 amide bonds. The third kappa shape index (κ3) is 3.47. The van der Waals surface area contributed by atoms with Crippen molar-refractivity contribution in [2.24, 2.45) is 0 Å². The maximum absolute atomic E-state index is 12.8. The lowest BCUT2D eigenvalue weighted by atomic mass is 10.1. The van der Waals surface area contributed by atoms with Crippen molar-refractivity contribution in [3.05, 3.63) is 53.9 Å². The maximum Gasteiger partial charge on any atom is 0.237 e. The first-order chi connectivity index (χ1) is 13.2. The lowest BCUT2D eigenvalue weighted by molar-refractivity contribution is -0.116. The Bertz CT molecular complexity index is 970. The standard InChI is InChI=1S/C20H21N5OS/c1-3-24-19(15-6-9-21-10-7-15)22-23-20(24)27-13-18(26)25-11-8-16-12-14(2)4-5-17(16)25/h4-7,9-10,12H,3,8,11,13H2,1-2H3. The van der Waals surface area contributed by atoms with Crippen molar-refractivity contribution in [1.29, 1.82) is 0 Å². The number of hydrogen-bond donors (Lipinski definition) is 0.